The molecular weight excluding hydrogens is 344 g/mol. The molecule has 0 aliphatic carbocycles. The summed E-state index contributed by atoms with van der Waals surface area (Å²) in [4.78, 5) is 21.3. The molecule has 0 aromatic heterocycles. The van der Waals surface area contributed by atoms with Crippen LogP contribution in [0.25, 0.3) is 0 Å². The van der Waals surface area contributed by atoms with Crippen molar-refractivity contribution in [1.82, 2.24) is 0 Å². The molecule has 0 aliphatic heterocycles. The molecule has 0 unspecified atom stereocenters. The number of carbonyl (C=O) groups is 1. The fraction of sp³-hybridized carbons (Fsp3) is 0. The predicted octanol–water partition coefficient (Wildman–Crippen LogP) is 2.30. The van der Waals surface area contributed by atoms with Gasteiger partial charge in [0.05, 0.1) is 10.5 Å². The molecule has 24 heavy (non-hydrogen) atoms. The molecule has 11 heteroatoms. The molecule has 0 fully saturated rings. The fourth-order valence-corrected chi connectivity index (χ4v) is 2.23. The van der Waals surface area contributed by atoms with E-state index in [-0.39, 0.29) is 5.75 Å². The normalized spacial score (nSPS) is 10.9. The van der Waals surface area contributed by atoms with Gasteiger partial charge in [-0.2, -0.15) is 8.42 Å². The van der Waals surface area contributed by atoms with Gasteiger partial charge in [-0.1, -0.05) is 18.2 Å². The zero-order valence-corrected chi connectivity index (χ0v) is 12.6. The summed E-state index contributed by atoms with van der Waals surface area (Å²) in [6.45, 7) is 0. The number of hydrogen-bond acceptors (Lipinski definition) is 6. The van der Waals surface area contributed by atoms with E-state index in [2.05, 4.69) is 0 Å². The first-order valence-electron chi connectivity index (χ1n) is 6.21. The monoisotopic (exact) mass is 354 g/mol. The van der Waals surface area contributed by atoms with Crippen LogP contribution in [-0.2, 0) is 10.3 Å². The Hall–Kier alpha value is -3.18. The molecule has 0 saturated heterocycles. The number of nitrogens with one attached hydrogen (secondary N) is 1. The lowest BCUT2D eigenvalue weighted by Gasteiger charge is -2.12. The second-order valence-electron chi connectivity index (χ2n) is 4.43. The average molecular weight is 354 g/mol. The van der Waals surface area contributed by atoms with Crippen LogP contribution in [-0.4, -0.2) is 29.0 Å². The van der Waals surface area contributed by atoms with Gasteiger partial charge in [0, 0.05) is 6.07 Å². The van der Waals surface area contributed by atoms with Crippen LogP contribution in [0.3, 0.4) is 0 Å². The molecule has 0 spiro atoms. The summed E-state index contributed by atoms with van der Waals surface area (Å²) in [5, 5.41) is 20.2. The lowest BCUT2D eigenvalue weighted by atomic mass is 10.1. The van der Waals surface area contributed by atoms with Crippen molar-refractivity contribution in [1.29, 1.82) is 0 Å². The van der Waals surface area contributed by atoms with Crippen LogP contribution >= 0.6 is 0 Å². The number of nitrogens with zero attached hydrogens (tertiary/aromatic N) is 1. The highest BCUT2D eigenvalue weighted by atomic mass is 32.2. The van der Waals surface area contributed by atoms with Gasteiger partial charge in [-0.15, -0.1) is 0 Å². The van der Waals surface area contributed by atoms with Crippen molar-refractivity contribution in [3.63, 3.8) is 0 Å². The molecule has 0 saturated carbocycles. The van der Waals surface area contributed by atoms with E-state index < -0.39 is 43.9 Å². The van der Waals surface area contributed by atoms with Crippen molar-refractivity contribution >= 4 is 27.6 Å². The van der Waals surface area contributed by atoms with Gasteiger partial charge in [0.2, 0.25) is 5.75 Å². The van der Waals surface area contributed by atoms with Gasteiger partial charge in [-0.25, -0.2) is 4.79 Å². The van der Waals surface area contributed by atoms with Gasteiger partial charge in [0.25, 0.3) is 0 Å². The first-order chi connectivity index (χ1) is 11.2. The van der Waals surface area contributed by atoms with Gasteiger partial charge >= 0.3 is 22.0 Å². The quantitative estimate of drug-likeness (QED) is 0.405. The van der Waals surface area contributed by atoms with Gasteiger partial charge in [0.1, 0.15) is 11.4 Å². The number of para-hydroxylation sites is 1. The molecule has 3 N–H and O–H groups in total. The number of rotatable bonds is 6. The molecule has 0 atom stereocenters. The van der Waals surface area contributed by atoms with E-state index in [9.17, 15) is 23.3 Å². The number of hydrogen-bond donors (Lipinski definition) is 3. The maximum absolute atomic E-state index is 11.2. The van der Waals surface area contributed by atoms with E-state index in [1.165, 1.54) is 12.1 Å². The van der Waals surface area contributed by atoms with Crippen LogP contribution < -0.4 is 9.46 Å². The van der Waals surface area contributed by atoms with Gasteiger partial charge in [-0.05, 0) is 18.2 Å². The summed E-state index contributed by atoms with van der Waals surface area (Å²) in [6, 6.07) is 9.22. The molecule has 0 heterocycles. The highest BCUT2D eigenvalue weighted by Crippen LogP contribution is 2.40. The van der Waals surface area contributed by atoms with E-state index in [0.717, 1.165) is 12.1 Å². The largest absolute Gasteiger partial charge is 0.478 e. The van der Waals surface area contributed by atoms with E-state index in [1.807, 2.05) is 0 Å². The number of carboxylic acids is 1. The highest BCUT2D eigenvalue weighted by Gasteiger charge is 2.26. The zero-order valence-electron chi connectivity index (χ0n) is 11.7. The molecule has 0 bridgehead atoms. The van der Waals surface area contributed by atoms with Crippen LogP contribution in [0.4, 0.5) is 11.4 Å². The van der Waals surface area contributed by atoms with Crippen LogP contribution in [0.15, 0.2) is 42.5 Å². The van der Waals surface area contributed by atoms with E-state index in [0.29, 0.717) is 0 Å². The summed E-state index contributed by atoms with van der Waals surface area (Å²) in [5.74, 6) is -1.95. The standard InChI is InChI=1S/C13H10N2O8S/c16-13(17)8-6-10(14-24(20,21)22)12(11(7-8)15(18)19)23-9-4-2-1-3-5-9/h1-7,14H,(H,16,17)(H,20,21,22). The second-order valence-corrected chi connectivity index (χ2v) is 5.58. The van der Waals surface area contributed by atoms with Crippen LogP contribution in [0.5, 0.6) is 11.5 Å². The Balaban J connectivity index is 2.67. The average Bonchev–Trinajstić information content (AvgIpc) is 2.47. The molecule has 10 nitrogen and oxygen atoms in total. The molecule has 2 rings (SSSR count). The van der Waals surface area contributed by atoms with Crippen molar-refractivity contribution in [2.24, 2.45) is 0 Å². The third-order valence-corrected chi connectivity index (χ3v) is 3.19. The maximum atomic E-state index is 11.2. The molecule has 2 aromatic carbocycles. The van der Waals surface area contributed by atoms with Gasteiger partial charge in [0.15, 0.2) is 0 Å². The Kier molecular flexibility index (Phi) is 4.66. The number of nitro benzene ring substituents is 1. The number of aromatic carboxylic acids is 1. The molecule has 0 aliphatic rings. The third-order valence-electron chi connectivity index (χ3n) is 2.72. The summed E-state index contributed by atoms with van der Waals surface area (Å²) < 4.78 is 37.9. The van der Waals surface area contributed by atoms with E-state index >= 15 is 0 Å². The maximum Gasteiger partial charge on any atom is 0.357 e. The van der Waals surface area contributed by atoms with Crippen molar-refractivity contribution < 1.29 is 32.5 Å². The fourth-order valence-electron chi connectivity index (χ4n) is 1.80. The first-order valence-corrected chi connectivity index (χ1v) is 7.65. The van der Waals surface area contributed by atoms with Crippen LogP contribution in [0.2, 0.25) is 0 Å². The molecule has 126 valence electrons. The first kappa shape index (κ1) is 17.2. The number of carboxylic acid groups (broad SMARTS) is 1. The van der Waals surface area contributed by atoms with Crippen molar-refractivity contribution in [3.8, 4) is 11.5 Å². The Bertz CT molecular complexity index is 896. The molecule has 2 aromatic rings. The smallest absolute Gasteiger partial charge is 0.357 e. The molecular formula is C13H10N2O8S. The summed E-state index contributed by atoms with van der Waals surface area (Å²) >= 11 is 0. The van der Waals surface area contributed by atoms with Crippen LogP contribution in [0.1, 0.15) is 10.4 Å². The van der Waals surface area contributed by atoms with E-state index in [1.54, 1.807) is 22.9 Å². The number of nitro groups is 1. The highest BCUT2D eigenvalue weighted by molar-refractivity contribution is 7.87. The number of anilines is 1. The Labute approximate surface area is 135 Å². The van der Waals surface area contributed by atoms with E-state index in [4.69, 9.17) is 14.4 Å². The van der Waals surface area contributed by atoms with Crippen molar-refractivity contribution in [3.05, 3.63) is 58.1 Å². The Morgan fingerprint density at radius 2 is 1.83 bits per heavy atom. The minimum absolute atomic E-state index is 0.141. The van der Waals surface area contributed by atoms with Crippen molar-refractivity contribution in [2.75, 3.05) is 4.72 Å². The summed E-state index contributed by atoms with van der Waals surface area (Å²) in [7, 11) is -4.82. The number of benzene rings is 2. The molecule has 0 radical (unpaired) electrons. The minimum atomic E-state index is -4.82. The SMILES string of the molecule is O=C(O)c1cc(NS(=O)(=O)O)c(Oc2ccccc2)c([N+](=O)[O-])c1. The van der Waals surface area contributed by atoms with Gasteiger partial charge in [-0.3, -0.25) is 19.4 Å². The zero-order chi connectivity index (χ0) is 17.9. The minimum Gasteiger partial charge on any atom is -0.478 e. The Morgan fingerprint density at radius 3 is 2.33 bits per heavy atom. The molecule has 0 amide bonds. The summed E-state index contributed by atoms with van der Waals surface area (Å²) in [5.41, 5.74) is -1.94. The van der Waals surface area contributed by atoms with Crippen LogP contribution in [0, 0.1) is 10.1 Å². The predicted molar refractivity (Wildman–Crippen MR) is 81.7 cm³/mol. The topological polar surface area (TPSA) is 156 Å². The number of ether oxygens (including phenoxy) is 1. The summed E-state index contributed by atoms with van der Waals surface area (Å²) in [6.07, 6.45) is 0. The Morgan fingerprint density at radius 1 is 1.21 bits per heavy atom. The lowest BCUT2D eigenvalue weighted by Crippen LogP contribution is -2.13. The lowest BCUT2D eigenvalue weighted by molar-refractivity contribution is -0.385. The third kappa shape index (κ3) is 4.18. The second kappa shape index (κ2) is 6.52. The van der Waals surface area contributed by atoms with Gasteiger partial charge < -0.3 is 9.84 Å². The van der Waals surface area contributed by atoms with Crippen molar-refractivity contribution in [2.45, 2.75) is 0 Å².